The van der Waals surface area contributed by atoms with Gasteiger partial charge in [0.15, 0.2) is 0 Å². The van der Waals surface area contributed by atoms with Crippen molar-refractivity contribution in [3.05, 3.63) is 169 Å². The zero-order valence-electron chi connectivity index (χ0n) is 23.7. The first-order valence-corrected chi connectivity index (χ1v) is 14.6. The molecule has 0 aliphatic heterocycles. The Morgan fingerprint density at radius 2 is 0.727 bits per heavy atom. The zero-order valence-corrected chi connectivity index (χ0v) is 23.7. The summed E-state index contributed by atoms with van der Waals surface area (Å²) >= 11 is 0. The van der Waals surface area contributed by atoms with Gasteiger partial charge in [-0.1, -0.05) is 84.9 Å². The maximum atomic E-state index is 14.6. The highest BCUT2D eigenvalue weighted by Crippen LogP contribution is 2.47. The number of hydrogen-bond acceptors (Lipinski definition) is 2. The Labute approximate surface area is 254 Å². The van der Waals surface area contributed by atoms with Crippen LogP contribution in [0.2, 0.25) is 0 Å². The summed E-state index contributed by atoms with van der Waals surface area (Å²) in [6.07, 6.45) is 0. The molecule has 0 aliphatic rings. The van der Waals surface area contributed by atoms with Gasteiger partial charge in [-0.15, -0.1) is 0 Å². The van der Waals surface area contributed by atoms with E-state index in [1.54, 1.807) is 24.3 Å². The van der Waals surface area contributed by atoms with Crippen molar-refractivity contribution in [1.82, 2.24) is 0 Å². The number of benzene rings is 8. The molecule has 0 aliphatic carbocycles. The highest BCUT2D eigenvalue weighted by Gasteiger charge is 2.21. The fourth-order valence-electron chi connectivity index (χ4n) is 6.40. The van der Waals surface area contributed by atoms with Gasteiger partial charge in [0.1, 0.15) is 11.6 Å². The van der Waals surface area contributed by atoms with Crippen LogP contribution in [0.25, 0.3) is 32.3 Å². The van der Waals surface area contributed by atoms with Crippen LogP contribution >= 0.6 is 0 Å². The van der Waals surface area contributed by atoms with Crippen LogP contribution in [0, 0.1) is 11.6 Å². The average molecular weight is 573 g/mol. The van der Waals surface area contributed by atoms with E-state index in [2.05, 4.69) is 58.3 Å². The summed E-state index contributed by atoms with van der Waals surface area (Å²) in [6, 6.07) is 50.7. The molecule has 8 aromatic rings. The van der Waals surface area contributed by atoms with Crippen LogP contribution in [0.5, 0.6) is 0 Å². The lowest BCUT2D eigenvalue weighted by atomic mass is 9.91. The first-order chi connectivity index (χ1) is 21.7. The minimum atomic E-state index is -0.288. The summed E-state index contributed by atoms with van der Waals surface area (Å²) in [5.41, 5.74) is 5.28. The topological polar surface area (TPSA) is 6.48 Å². The Balaban J connectivity index is 1.42. The van der Waals surface area contributed by atoms with Gasteiger partial charge in [-0.2, -0.15) is 0 Å². The second kappa shape index (κ2) is 10.5. The highest BCUT2D eigenvalue weighted by atomic mass is 19.1. The van der Waals surface area contributed by atoms with Crippen molar-refractivity contribution in [1.29, 1.82) is 0 Å². The lowest BCUT2D eigenvalue weighted by Gasteiger charge is -2.29. The van der Waals surface area contributed by atoms with Crippen LogP contribution in [0.4, 0.5) is 42.9 Å². The van der Waals surface area contributed by atoms with E-state index in [0.717, 1.165) is 66.4 Å². The van der Waals surface area contributed by atoms with E-state index in [0.29, 0.717) is 0 Å². The van der Waals surface area contributed by atoms with Crippen LogP contribution in [-0.2, 0) is 0 Å². The van der Waals surface area contributed by atoms with Crippen LogP contribution in [0.1, 0.15) is 0 Å². The molecule has 0 aromatic heterocycles. The fraction of sp³-hybridized carbons (Fsp3) is 0. The van der Waals surface area contributed by atoms with E-state index in [9.17, 15) is 8.78 Å². The van der Waals surface area contributed by atoms with E-state index in [1.165, 1.54) is 12.1 Å². The summed E-state index contributed by atoms with van der Waals surface area (Å²) in [6.45, 7) is 0. The first-order valence-electron chi connectivity index (χ1n) is 14.6. The quantitative estimate of drug-likeness (QED) is 0.183. The van der Waals surface area contributed by atoms with Crippen molar-refractivity contribution in [3.8, 4) is 0 Å². The third kappa shape index (κ3) is 4.31. The second-order valence-corrected chi connectivity index (χ2v) is 10.9. The van der Waals surface area contributed by atoms with E-state index in [4.69, 9.17) is 0 Å². The molecule has 8 rings (SSSR count). The number of nitrogens with zero attached hydrogens (tertiary/aromatic N) is 2. The Bertz CT molecular complexity index is 2100. The normalized spacial score (nSPS) is 11.4. The molecule has 0 radical (unpaired) electrons. The lowest BCUT2D eigenvalue weighted by Crippen LogP contribution is -2.11. The molecule has 0 fully saturated rings. The van der Waals surface area contributed by atoms with Crippen molar-refractivity contribution >= 4 is 66.4 Å². The number of hydrogen-bond donors (Lipinski definition) is 0. The first kappa shape index (κ1) is 25.9. The van der Waals surface area contributed by atoms with Crippen LogP contribution in [-0.4, -0.2) is 0 Å². The Hall–Kier alpha value is -5.74. The third-order valence-corrected chi connectivity index (χ3v) is 8.26. The van der Waals surface area contributed by atoms with Crippen molar-refractivity contribution in [2.75, 3.05) is 9.80 Å². The SMILES string of the molecule is Fc1cccc(N(c2ccccc2)c2ccc3ccc4c(N(c5ccccc5)c5cccc(F)c5)ccc5ccc2c3c54)c1. The van der Waals surface area contributed by atoms with Crippen molar-refractivity contribution < 1.29 is 8.78 Å². The predicted octanol–water partition coefficient (Wildman–Crippen LogP) is 11.8. The number of halogens is 2. The smallest absolute Gasteiger partial charge is 0.125 e. The maximum absolute atomic E-state index is 14.6. The van der Waals surface area contributed by atoms with Gasteiger partial charge in [0.05, 0.1) is 11.4 Å². The summed E-state index contributed by atoms with van der Waals surface area (Å²) in [4.78, 5) is 4.22. The number of rotatable bonds is 6. The Morgan fingerprint density at radius 1 is 0.341 bits per heavy atom. The van der Waals surface area contributed by atoms with Gasteiger partial charge >= 0.3 is 0 Å². The number of anilines is 6. The molecule has 4 heteroatoms. The van der Waals surface area contributed by atoms with Crippen molar-refractivity contribution in [2.45, 2.75) is 0 Å². The van der Waals surface area contributed by atoms with Gasteiger partial charge in [-0.3, -0.25) is 0 Å². The molecule has 44 heavy (non-hydrogen) atoms. The molecule has 0 saturated heterocycles. The van der Waals surface area contributed by atoms with Gasteiger partial charge in [0.2, 0.25) is 0 Å². The Kier molecular flexibility index (Phi) is 6.20. The second-order valence-electron chi connectivity index (χ2n) is 10.9. The molecule has 0 saturated carbocycles. The monoisotopic (exact) mass is 572 g/mol. The zero-order chi connectivity index (χ0) is 29.6. The molecule has 0 spiro atoms. The average Bonchev–Trinajstić information content (AvgIpc) is 3.06. The van der Waals surface area contributed by atoms with Gasteiger partial charge in [0.25, 0.3) is 0 Å². The largest absolute Gasteiger partial charge is 0.310 e. The minimum absolute atomic E-state index is 0.288. The van der Waals surface area contributed by atoms with Gasteiger partial charge in [-0.05, 0) is 94.3 Å². The van der Waals surface area contributed by atoms with Crippen LogP contribution < -0.4 is 9.80 Å². The molecule has 0 bridgehead atoms. The number of para-hydroxylation sites is 2. The molecule has 8 aromatic carbocycles. The van der Waals surface area contributed by atoms with E-state index in [-0.39, 0.29) is 11.6 Å². The van der Waals surface area contributed by atoms with Crippen LogP contribution in [0.15, 0.2) is 158 Å². The molecular weight excluding hydrogens is 546 g/mol. The third-order valence-electron chi connectivity index (χ3n) is 8.26. The van der Waals surface area contributed by atoms with E-state index >= 15 is 0 Å². The van der Waals surface area contributed by atoms with Gasteiger partial charge < -0.3 is 9.80 Å². The van der Waals surface area contributed by atoms with E-state index < -0.39 is 0 Å². The Morgan fingerprint density at radius 3 is 1.14 bits per heavy atom. The standard InChI is InChI=1S/C40H26F2N2/c41-29-9-7-15-33(25-29)43(31-11-3-1-4-12-31)37-23-19-27-18-22-36-38(24-20-28-17-21-35(37)39(27)40(28)36)44(32-13-5-2-6-14-32)34-16-8-10-30(42)26-34/h1-26H. The van der Waals surface area contributed by atoms with Crippen molar-refractivity contribution in [2.24, 2.45) is 0 Å². The summed E-state index contributed by atoms with van der Waals surface area (Å²) in [5, 5.41) is 6.60. The summed E-state index contributed by atoms with van der Waals surface area (Å²) in [5.74, 6) is -0.576. The van der Waals surface area contributed by atoms with Gasteiger partial charge in [-0.25, -0.2) is 8.78 Å². The molecule has 2 nitrogen and oxygen atoms in total. The predicted molar refractivity (Wildman–Crippen MR) is 179 cm³/mol. The van der Waals surface area contributed by atoms with Gasteiger partial charge in [0, 0.05) is 33.5 Å². The highest BCUT2D eigenvalue weighted by molar-refractivity contribution is 6.28. The molecule has 0 atom stereocenters. The summed E-state index contributed by atoms with van der Waals surface area (Å²) < 4.78 is 29.1. The van der Waals surface area contributed by atoms with Crippen LogP contribution in [0.3, 0.4) is 0 Å². The molecule has 0 unspecified atom stereocenters. The molecule has 210 valence electrons. The molecule has 0 N–H and O–H groups in total. The fourth-order valence-corrected chi connectivity index (χ4v) is 6.40. The summed E-state index contributed by atoms with van der Waals surface area (Å²) in [7, 11) is 0. The molecule has 0 heterocycles. The molecule has 0 amide bonds. The maximum Gasteiger partial charge on any atom is 0.125 e. The van der Waals surface area contributed by atoms with E-state index in [1.807, 2.05) is 72.8 Å². The minimum Gasteiger partial charge on any atom is -0.310 e. The molecular formula is C40H26F2N2. The lowest BCUT2D eigenvalue weighted by molar-refractivity contribution is 0.627. The van der Waals surface area contributed by atoms with Crippen molar-refractivity contribution in [3.63, 3.8) is 0 Å².